The molecule has 2 aromatic rings. The molecule has 0 saturated carbocycles. The van der Waals surface area contributed by atoms with Crippen molar-refractivity contribution in [2.24, 2.45) is 5.10 Å². The topological polar surface area (TPSA) is 73.3 Å². The molecule has 3 rings (SSSR count). The Hall–Kier alpha value is -3.00. The van der Waals surface area contributed by atoms with Gasteiger partial charge in [0.05, 0.1) is 20.4 Å². The quantitative estimate of drug-likeness (QED) is 0.458. The highest BCUT2D eigenvalue weighted by Crippen LogP contribution is 2.32. The molecule has 1 aliphatic heterocycles. The fraction of sp³-hybridized carbons (Fsp3) is 0.222. The minimum Gasteiger partial charge on any atom is -0.493 e. The van der Waals surface area contributed by atoms with E-state index < -0.39 is 0 Å². The number of hydrogen-bond donors (Lipinski definition) is 2. The third-order valence-electron chi connectivity index (χ3n) is 3.69. The molecule has 0 unspecified atom stereocenters. The number of hydrazone groups is 1. The molecule has 26 heavy (non-hydrogen) atoms. The standard InChI is InChI=1S/C18H19N3O4S/c1-22-15-5-3-4-13(17(15)23-2)10-20-21-18(26)19-9-12-6-7-14-16(8-12)25-11-24-14/h3-8,10H,9,11H2,1-2H3,(H2,19,21,26)/b20-10-. The summed E-state index contributed by atoms with van der Waals surface area (Å²) < 4.78 is 21.3. The van der Waals surface area contributed by atoms with Gasteiger partial charge in [-0.1, -0.05) is 12.1 Å². The van der Waals surface area contributed by atoms with Crippen molar-refractivity contribution in [3.05, 3.63) is 47.5 Å². The van der Waals surface area contributed by atoms with Crippen LogP contribution in [0.25, 0.3) is 0 Å². The Bertz CT molecular complexity index is 826. The molecule has 1 heterocycles. The maximum atomic E-state index is 5.36. The maximum Gasteiger partial charge on any atom is 0.231 e. The molecular weight excluding hydrogens is 354 g/mol. The zero-order valence-corrected chi connectivity index (χ0v) is 15.3. The average Bonchev–Trinajstić information content (AvgIpc) is 3.13. The van der Waals surface area contributed by atoms with Gasteiger partial charge in [-0.2, -0.15) is 5.10 Å². The Kier molecular flexibility index (Phi) is 5.75. The maximum absolute atomic E-state index is 5.36. The van der Waals surface area contributed by atoms with Crippen LogP contribution in [0, 0.1) is 0 Å². The summed E-state index contributed by atoms with van der Waals surface area (Å²) >= 11 is 5.23. The third-order valence-corrected chi connectivity index (χ3v) is 3.93. The van der Waals surface area contributed by atoms with Crippen molar-refractivity contribution in [2.75, 3.05) is 21.0 Å². The zero-order valence-electron chi connectivity index (χ0n) is 14.4. The molecule has 0 spiro atoms. The smallest absolute Gasteiger partial charge is 0.231 e. The second-order valence-electron chi connectivity index (χ2n) is 5.32. The molecule has 0 atom stereocenters. The summed E-state index contributed by atoms with van der Waals surface area (Å²) in [6, 6.07) is 11.3. The molecule has 0 amide bonds. The van der Waals surface area contributed by atoms with E-state index >= 15 is 0 Å². The highest BCUT2D eigenvalue weighted by atomic mass is 32.1. The Morgan fingerprint density at radius 2 is 2.04 bits per heavy atom. The van der Waals surface area contributed by atoms with Crippen LogP contribution in [0.5, 0.6) is 23.0 Å². The number of rotatable bonds is 6. The SMILES string of the molecule is COc1cccc(/C=N\NC(=S)NCc2ccc3c(c2)OCO3)c1OC. The van der Waals surface area contributed by atoms with Gasteiger partial charge in [-0.25, -0.2) is 0 Å². The lowest BCUT2D eigenvalue weighted by Crippen LogP contribution is -2.31. The molecule has 2 N–H and O–H groups in total. The molecule has 0 fully saturated rings. The van der Waals surface area contributed by atoms with Crippen molar-refractivity contribution in [1.29, 1.82) is 0 Å². The number of nitrogens with one attached hydrogen (secondary N) is 2. The first-order chi connectivity index (χ1) is 12.7. The lowest BCUT2D eigenvalue weighted by atomic mass is 10.2. The van der Waals surface area contributed by atoms with Gasteiger partial charge < -0.3 is 24.3 Å². The molecule has 0 aliphatic carbocycles. The second kappa shape index (κ2) is 8.39. The first-order valence-electron chi connectivity index (χ1n) is 7.87. The summed E-state index contributed by atoms with van der Waals surface area (Å²) in [6.07, 6.45) is 1.62. The minimum atomic E-state index is 0.259. The van der Waals surface area contributed by atoms with Crippen LogP contribution in [0.4, 0.5) is 0 Å². The number of ether oxygens (including phenoxy) is 4. The number of para-hydroxylation sites is 1. The molecule has 0 radical (unpaired) electrons. The number of fused-ring (bicyclic) bond motifs is 1. The number of hydrogen-bond acceptors (Lipinski definition) is 6. The van der Waals surface area contributed by atoms with Crippen LogP contribution in [0.15, 0.2) is 41.5 Å². The zero-order chi connectivity index (χ0) is 18.4. The van der Waals surface area contributed by atoms with Gasteiger partial charge in [0.15, 0.2) is 28.1 Å². The third kappa shape index (κ3) is 4.15. The summed E-state index contributed by atoms with van der Waals surface area (Å²) in [5.41, 5.74) is 4.58. The van der Waals surface area contributed by atoms with Crippen molar-refractivity contribution in [2.45, 2.75) is 6.54 Å². The molecule has 0 saturated heterocycles. The van der Waals surface area contributed by atoms with Gasteiger partial charge in [0.1, 0.15) is 0 Å². The van der Waals surface area contributed by atoms with Crippen molar-refractivity contribution in [3.63, 3.8) is 0 Å². The predicted molar refractivity (Wildman–Crippen MR) is 102 cm³/mol. The van der Waals surface area contributed by atoms with E-state index in [-0.39, 0.29) is 6.79 Å². The highest BCUT2D eigenvalue weighted by molar-refractivity contribution is 7.80. The van der Waals surface area contributed by atoms with Crippen molar-refractivity contribution < 1.29 is 18.9 Å². The van der Waals surface area contributed by atoms with E-state index in [1.807, 2.05) is 36.4 Å². The van der Waals surface area contributed by atoms with E-state index in [1.165, 1.54) is 0 Å². The summed E-state index contributed by atoms with van der Waals surface area (Å²) in [6.45, 7) is 0.801. The second-order valence-corrected chi connectivity index (χ2v) is 5.73. The highest BCUT2D eigenvalue weighted by Gasteiger charge is 2.13. The molecular formula is C18H19N3O4S. The van der Waals surface area contributed by atoms with Crippen LogP contribution >= 0.6 is 12.2 Å². The van der Waals surface area contributed by atoms with E-state index in [9.17, 15) is 0 Å². The van der Waals surface area contributed by atoms with Gasteiger partial charge in [-0.05, 0) is 42.0 Å². The average molecular weight is 373 g/mol. The number of thiocarbonyl (C=S) groups is 1. The van der Waals surface area contributed by atoms with Gasteiger partial charge in [0.2, 0.25) is 6.79 Å². The first kappa shape index (κ1) is 17.8. The Morgan fingerprint density at radius 1 is 1.19 bits per heavy atom. The number of benzene rings is 2. The summed E-state index contributed by atoms with van der Waals surface area (Å²) in [5, 5.41) is 7.62. The van der Waals surface area contributed by atoms with Crippen LogP contribution in [0.3, 0.4) is 0 Å². The summed E-state index contributed by atoms with van der Waals surface area (Å²) in [5.74, 6) is 2.75. The normalized spacial score (nSPS) is 12.1. The fourth-order valence-electron chi connectivity index (χ4n) is 2.45. The van der Waals surface area contributed by atoms with Gasteiger partial charge in [-0.3, -0.25) is 5.43 Å². The van der Waals surface area contributed by atoms with Crippen molar-refractivity contribution in [3.8, 4) is 23.0 Å². The van der Waals surface area contributed by atoms with E-state index in [4.69, 9.17) is 31.2 Å². The summed E-state index contributed by atoms with van der Waals surface area (Å²) in [4.78, 5) is 0. The molecule has 1 aliphatic rings. The molecule has 8 heteroatoms. The molecule has 136 valence electrons. The first-order valence-corrected chi connectivity index (χ1v) is 8.28. The van der Waals surface area contributed by atoms with E-state index in [1.54, 1.807) is 20.4 Å². The number of nitrogens with zero attached hydrogens (tertiary/aromatic N) is 1. The van der Waals surface area contributed by atoms with Crippen LogP contribution in [0.2, 0.25) is 0 Å². The van der Waals surface area contributed by atoms with E-state index in [0.717, 1.165) is 22.6 Å². The van der Waals surface area contributed by atoms with Crippen LogP contribution in [-0.2, 0) is 6.54 Å². The van der Waals surface area contributed by atoms with Gasteiger partial charge in [0.25, 0.3) is 0 Å². The predicted octanol–water partition coefficient (Wildman–Crippen LogP) is 2.43. The Morgan fingerprint density at radius 3 is 2.85 bits per heavy atom. The fourth-order valence-corrected chi connectivity index (χ4v) is 2.57. The van der Waals surface area contributed by atoms with E-state index in [0.29, 0.717) is 23.2 Å². The molecule has 0 aromatic heterocycles. The minimum absolute atomic E-state index is 0.259. The lowest BCUT2D eigenvalue weighted by Gasteiger charge is -2.10. The van der Waals surface area contributed by atoms with Gasteiger partial charge in [0, 0.05) is 12.1 Å². The largest absolute Gasteiger partial charge is 0.493 e. The van der Waals surface area contributed by atoms with Crippen LogP contribution < -0.4 is 29.7 Å². The summed E-state index contributed by atoms with van der Waals surface area (Å²) in [7, 11) is 3.17. The lowest BCUT2D eigenvalue weighted by molar-refractivity contribution is 0.174. The number of methoxy groups -OCH3 is 2. The van der Waals surface area contributed by atoms with Crippen molar-refractivity contribution >= 4 is 23.5 Å². The van der Waals surface area contributed by atoms with Gasteiger partial charge in [-0.15, -0.1) is 0 Å². The monoisotopic (exact) mass is 373 g/mol. The van der Waals surface area contributed by atoms with E-state index in [2.05, 4.69) is 15.8 Å². The van der Waals surface area contributed by atoms with Crippen molar-refractivity contribution in [1.82, 2.24) is 10.7 Å². The molecule has 0 bridgehead atoms. The Balaban J connectivity index is 1.53. The Labute approximate surface area is 156 Å². The molecule has 7 nitrogen and oxygen atoms in total. The molecule has 2 aromatic carbocycles. The van der Waals surface area contributed by atoms with Crippen LogP contribution in [0.1, 0.15) is 11.1 Å². The van der Waals surface area contributed by atoms with Crippen LogP contribution in [-0.4, -0.2) is 32.3 Å². The van der Waals surface area contributed by atoms with Gasteiger partial charge >= 0.3 is 0 Å².